The second-order valence-corrected chi connectivity index (χ2v) is 11.2. The van der Waals surface area contributed by atoms with Gasteiger partial charge in [0.25, 0.3) is 0 Å². The van der Waals surface area contributed by atoms with Gasteiger partial charge in [0.1, 0.15) is 36.6 Å². The summed E-state index contributed by atoms with van der Waals surface area (Å²) >= 11 is 0. The van der Waals surface area contributed by atoms with Crippen LogP contribution in [-0.4, -0.2) is 172 Å². The molecule has 0 aromatic rings. The van der Waals surface area contributed by atoms with Crippen molar-refractivity contribution >= 4 is 0 Å². The quantitative estimate of drug-likeness (QED) is 0.0875. The smallest absolute Gasteiger partial charge is 0.186 e. The summed E-state index contributed by atoms with van der Waals surface area (Å²) in [4.78, 5) is 0. The van der Waals surface area contributed by atoms with E-state index in [9.17, 15) is 40.9 Å². The van der Waals surface area contributed by atoms with Crippen LogP contribution in [0.5, 0.6) is 0 Å². The molecule has 15 unspecified atom stereocenters. The normalized spacial score (nSPS) is 45.7. The maximum atomic E-state index is 11.8. The topological polar surface area (TPSA) is 318 Å². The summed E-state index contributed by atoms with van der Waals surface area (Å²) < 4.78 is 17.8. The number of aliphatic hydroxyl groups excluding tert-OH is 8. The van der Waals surface area contributed by atoms with Crippen molar-refractivity contribution in [3.63, 3.8) is 0 Å². The molecule has 0 aromatic carbocycles. The van der Waals surface area contributed by atoms with E-state index in [1.807, 2.05) is 0 Å². The highest BCUT2D eigenvalue weighted by atomic mass is 16.7. The first kappa shape index (κ1) is 34.8. The average Bonchev–Trinajstić information content (AvgIpc) is 2.96. The molecule has 0 amide bonds. The van der Waals surface area contributed by atoms with Crippen LogP contribution in [0.2, 0.25) is 0 Å². The van der Waals surface area contributed by atoms with E-state index < -0.39 is 117 Å². The van der Waals surface area contributed by atoms with Crippen molar-refractivity contribution in [2.45, 2.75) is 104 Å². The van der Waals surface area contributed by atoms with E-state index in [1.54, 1.807) is 0 Å². The molecule has 17 nitrogen and oxygen atoms in total. The van der Waals surface area contributed by atoms with Gasteiger partial charge in [0.15, 0.2) is 6.29 Å². The Hall–Kier alpha value is -0.680. The number of aliphatic hydroxyl groups is 8. The van der Waals surface area contributed by atoms with Crippen molar-refractivity contribution in [2.24, 2.45) is 28.9 Å². The molecule has 15 atom stereocenters. The Morgan fingerprint density at radius 3 is 2.12 bits per heavy atom. The van der Waals surface area contributed by atoms with Gasteiger partial charge < -0.3 is 88.6 Å². The third-order valence-corrected chi connectivity index (χ3v) is 8.42. The standard InChI is InChI=1S/C24H50N6O11/c25-2-1-3-29-16-21(38)18(35)12(5-26)39-23(16)14-10(27)4-11(30-9(6-31)7-32)22(19(14)36)41-24-20(37)15(28)17(34)13(8-33)40-24/h9-24,29-38H,1-8,25-28H2. The lowest BCUT2D eigenvalue weighted by molar-refractivity contribution is -0.308. The summed E-state index contributed by atoms with van der Waals surface area (Å²) in [5.41, 5.74) is 23.9. The predicted octanol–water partition coefficient (Wildman–Crippen LogP) is -8.09. The molecule has 3 rings (SSSR count). The highest BCUT2D eigenvalue weighted by Crippen LogP contribution is 2.37. The lowest BCUT2D eigenvalue weighted by Crippen LogP contribution is -2.72. The molecule has 2 aliphatic heterocycles. The van der Waals surface area contributed by atoms with Crippen molar-refractivity contribution in [3.05, 3.63) is 0 Å². The minimum atomic E-state index is -1.55. The molecule has 2 saturated heterocycles. The van der Waals surface area contributed by atoms with Gasteiger partial charge >= 0.3 is 0 Å². The van der Waals surface area contributed by atoms with Gasteiger partial charge in [-0.1, -0.05) is 0 Å². The van der Waals surface area contributed by atoms with Crippen molar-refractivity contribution in [1.29, 1.82) is 0 Å². The number of nitrogens with two attached hydrogens (primary N) is 4. The Kier molecular flexibility index (Phi) is 13.5. The molecular weight excluding hydrogens is 548 g/mol. The molecule has 41 heavy (non-hydrogen) atoms. The van der Waals surface area contributed by atoms with Crippen molar-refractivity contribution in [3.8, 4) is 0 Å². The van der Waals surface area contributed by atoms with Gasteiger partial charge in [-0.25, -0.2) is 0 Å². The summed E-state index contributed by atoms with van der Waals surface area (Å²) in [5, 5.41) is 89.5. The van der Waals surface area contributed by atoms with Crippen LogP contribution in [0.25, 0.3) is 0 Å². The molecule has 0 radical (unpaired) electrons. The van der Waals surface area contributed by atoms with Crippen LogP contribution in [0.15, 0.2) is 0 Å². The van der Waals surface area contributed by atoms with Gasteiger partial charge in [-0.15, -0.1) is 0 Å². The summed E-state index contributed by atoms with van der Waals surface area (Å²) in [6.07, 6.45) is -12.1. The third kappa shape index (κ3) is 7.70. The van der Waals surface area contributed by atoms with E-state index in [-0.39, 0.29) is 13.0 Å². The molecule has 0 aromatic heterocycles. The van der Waals surface area contributed by atoms with Crippen LogP contribution >= 0.6 is 0 Å². The Morgan fingerprint density at radius 1 is 0.854 bits per heavy atom. The van der Waals surface area contributed by atoms with Crippen LogP contribution in [0.1, 0.15) is 12.8 Å². The van der Waals surface area contributed by atoms with Gasteiger partial charge in [-0.05, 0) is 25.9 Å². The molecule has 3 fully saturated rings. The molecule has 3 aliphatic rings. The number of hydrogen-bond donors (Lipinski definition) is 14. The molecular formula is C24H50N6O11. The Morgan fingerprint density at radius 2 is 1.54 bits per heavy atom. The summed E-state index contributed by atoms with van der Waals surface area (Å²) in [6, 6.07) is -4.49. The first-order valence-electron chi connectivity index (χ1n) is 14.1. The van der Waals surface area contributed by atoms with E-state index in [1.165, 1.54) is 0 Å². The number of nitrogens with one attached hydrogen (secondary N) is 2. The van der Waals surface area contributed by atoms with Crippen LogP contribution in [-0.2, 0) is 14.2 Å². The maximum Gasteiger partial charge on any atom is 0.186 e. The minimum absolute atomic E-state index is 0.116. The van der Waals surface area contributed by atoms with E-state index >= 15 is 0 Å². The van der Waals surface area contributed by atoms with Gasteiger partial charge in [-0.2, -0.15) is 0 Å². The number of rotatable bonds is 13. The molecule has 2 heterocycles. The Balaban J connectivity index is 1.94. The molecule has 18 N–H and O–H groups in total. The van der Waals surface area contributed by atoms with Crippen molar-refractivity contribution in [2.75, 3.05) is 39.5 Å². The molecule has 17 heteroatoms. The maximum absolute atomic E-state index is 11.8. The fraction of sp³-hybridized carbons (Fsp3) is 1.00. The Bertz CT molecular complexity index is 774. The van der Waals surface area contributed by atoms with Crippen molar-refractivity contribution in [1.82, 2.24) is 10.6 Å². The van der Waals surface area contributed by atoms with E-state index in [0.29, 0.717) is 19.5 Å². The average molecular weight is 599 g/mol. The fourth-order valence-electron chi connectivity index (χ4n) is 6.05. The zero-order valence-corrected chi connectivity index (χ0v) is 23.0. The highest BCUT2D eigenvalue weighted by Gasteiger charge is 2.55. The number of hydrogen-bond acceptors (Lipinski definition) is 17. The zero-order chi connectivity index (χ0) is 30.4. The zero-order valence-electron chi connectivity index (χ0n) is 23.0. The minimum Gasteiger partial charge on any atom is -0.395 e. The second-order valence-electron chi connectivity index (χ2n) is 11.2. The van der Waals surface area contributed by atoms with Crippen LogP contribution in [0.3, 0.4) is 0 Å². The summed E-state index contributed by atoms with van der Waals surface area (Å²) in [6.45, 7) is -0.875. The fourth-order valence-corrected chi connectivity index (χ4v) is 6.05. The molecule has 1 aliphatic carbocycles. The molecule has 1 saturated carbocycles. The van der Waals surface area contributed by atoms with Gasteiger partial charge in [0, 0.05) is 24.5 Å². The summed E-state index contributed by atoms with van der Waals surface area (Å²) in [5.74, 6) is -0.917. The summed E-state index contributed by atoms with van der Waals surface area (Å²) in [7, 11) is 0. The van der Waals surface area contributed by atoms with Crippen LogP contribution in [0.4, 0.5) is 0 Å². The van der Waals surface area contributed by atoms with Gasteiger partial charge in [0.2, 0.25) is 0 Å². The first-order chi connectivity index (χ1) is 19.5. The monoisotopic (exact) mass is 598 g/mol. The van der Waals surface area contributed by atoms with Gasteiger partial charge in [0.05, 0.1) is 56.3 Å². The first-order valence-corrected chi connectivity index (χ1v) is 14.1. The van der Waals surface area contributed by atoms with Crippen LogP contribution < -0.4 is 33.6 Å². The largest absolute Gasteiger partial charge is 0.395 e. The van der Waals surface area contributed by atoms with Crippen molar-refractivity contribution < 1.29 is 55.1 Å². The molecule has 0 spiro atoms. The van der Waals surface area contributed by atoms with E-state index in [0.717, 1.165) is 0 Å². The van der Waals surface area contributed by atoms with Crippen LogP contribution in [0, 0.1) is 5.92 Å². The predicted molar refractivity (Wildman–Crippen MR) is 143 cm³/mol. The highest BCUT2D eigenvalue weighted by molar-refractivity contribution is 5.08. The van der Waals surface area contributed by atoms with E-state index in [4.69, 9.17) is 37.1 Å². The van der Waals surface area contributed by atoms with E-state index in [2.05, 4.69) is 10.6 Å². The molecule has 242 valence electrons. The lowest BCUT2D eigenvalue weighted by Gasteiger charge is -2.53. The second kappa shape index (κ2) is 15.9. The number of ether oxygens (including phenoxy) is 3. The molecule has 0 bridgehead atoms. The Labute approximate surface area is 238 Å². The van der Waals surface area contributed by atoms with Gasteiger partial charge in [-0.3, -0.25) is 0 Å². The lowest BCUT2D eigenvalue weighted by atomic mass is 9.71. The SMILES string of the molecule is NCCCNC1C(O)C(O)C(CN)OC1C1C(N)CC(NC(CO)CO)C(OC2OC(CO)C(O)C(N)C2O)C1O. The third-order valence-electron chi connectivity index (χ3n) is 8.42.